The molecule has 4 nitrogen and oxygen atoms in total. The van der Waals surface area contributed by atoms with Crippen LogP contribution in [0.3, 0.4) is 0 Å². The molecule has 0 spiro atoms. The lowest BCUT2D eigenvalue weighted by Gasteiger charge is -2.31. The maximum atomic E-state index is 11.6. The standard InChI is InChI=1S/C16H32N2O2/c1-4-11-17-16(6-3,15(19)20)10-7-13-18(12-5-2)14-8-9-14/h14,17H,4-13H2,1-3H3,(H,19,20). The Hall–Kier alpha value is -0.610. The Labute approximate surface area is 123 Å². The van der Waals surface area contributed by atoms with E-state index in [1.165, 1.54) is 19.3 Å². The largest absolute Gasteiger partial charge is 0.480 e. The molecule has 1 saturated carbocycles. The number of carboxylic acids is 1. The van der Waals surface area contributed by atoms with E-state index in [1.54, 1.807) is 0 Å². The molecular weight excluding hydrogens is 252 g/mol. The third-order valence-electron chi connectivity index (χ3n) is 4.35. The van der Waals surface area contributed by atoms with E-state index in [1.807, 2.05) is 6.92 Å². The molecule has 4 heteroatoms. The molecule has 0 radical (unpaired) electrons. The Morgan fingerprint density at radius 1 is 1.25 bits per heavy atom. The summed E-state index contributed by atoms with van der Waals surface area (Å²) in [4.78, 5) is 14.2. The van der Waals surface area contributed by atoms with Crippen LogP contribution in [0.4, 0.5) is 0 Å². The molecule has 0 aliphatic heterocycles. The van der Waals surface area contributed by atoms with E-state index in [4.69, 9.17) is 0 Å². The van der Waals surface area contributed by atoms with E-state index in [0.717, 1.165) is 44.9 Å². The van der Waals surface area contributed by atoms with Gasteiger partial charge in [0.2, 0.25) is 0 Å². The number of nitrogens with zero attached hydrogens (tertiary/aromatic N) is 1. The first kappa shape index (κ1) is 17.4. The average molecular weight is 284 g/mol. The van der Waals surface area contributed by atoms with Crippen LogP contribution in [-0.4, -0.2) is 47.2 Å². The highest BCUT2D eigenvalue weighted by molar-refractivity contribution is 5.78. The topological polar surface area (TPSA) is 52.6 Å². The van der Waals surface area contributed by atoms with Gasteiger partial charge in [-0.3, -0.25) is 4.79 Å². The van der Waals surface area contributed by atoms with Crippen LogP contribution in [-0.2, 0) is 4.79 Å². The Balaban J connectivity index is 2.45. The predicted molar refractivity (Wildman–Crippen MR) is 83.1 cm³/mol. The van der Waals surface area contributed by atoms with Gasteiger partial charge in [0.05, 0.1) is 0 Å². The first-order valence-corrected chi connectivity index (χ1v) is 8.32. The zero-order valence-electron chi connectivity index (χ0n) is 13.5. The van der Waals surface area contributed by atoms with Crippen LogP contribution in [0.25, 0.3) is 0 Å². The van der Waals surface area contributed by atoms with Gasteiger partial charge >= 0.3 is 5.97 Å². The lowest BCUT2D eigenvalue weighted by Crippen LogP contribution is -2.52. The fourth-order valence-electron chi connectivity index (χ4n) is 2.88. The smallest absolute Gasteiger partial charge is 0.323 e. The van der Waals surface area contributed by atoms with E-state index in [-0.39, 0.29) is 0 Å². The van der Waals surface area contributed by atoms with Gasteiger partial charge in [-0.1, -0.05) is 20.8 Å². The molecule has 0 aromatic rings. The van der Waals surface area contributed by atoms with Crippen molar-refractivity contribution < 1.29 is 9.90 Å². The van der Waals surface area contributed by atoms with Crippen LogP contribution in [0.1, 0.15) is 65.7 Å². The molecule has 0 amide bonds. The summed E-state index contributed by atoms with van der Waals surface area (Å²) in [6.07, 6.45) is 7.15. The van der Waals surface area contributed by atoms with Crippen LogP contribution in [0.15, 0.2) is 0 Å². The molecule has 1 fully saturated rings. The normalized spacial score (nSPS) is 18.2. The van der Waals surface area contributed by atoms with E-state index in [9.17, 15) is 9.90 Å². The molecule has 0 aromatic carbocycles. The highest BCUT2D eigenvalue weighted by Crippen LogP contribution is 2.28. The maximum Gasteiger partial charge on any atom is 0.323 e. The van der Waals surface area contributed by atoms with Gasteiger partial charge in [-0.15, -0.1) is 0 Å². The molecule has 1 aliphatic rings. The summed E-state index contributed by atoms with van der Waals surface area (Å²) in [5, 5.41) is 12.8. The first-order chi connectivity index (χ1) is 9.59. The van der Waals surface area contributed by atoms with Crippen molar-refractivity contribution in [3.05, 3.63) is 0 Å². The summed E-state index contributed by atoms with van der Waals surface area (Å²) >= 11 is 0. The van der Waals surface area contributed by atoms with Crippen LogP contribution in [0.2, 0.25) is 0 Å². The second-order valence-corrected chi connectivity index (χ2v) is 6.04. The van der Waals surface area contributed by atoms with Gasteiger partial charge in [0.25, 0.3) is 0 Å². The molecule has 20 heavy (non-hydrogen) atoms. The molecule has 1 unspecified atom stereocenters. The zero-order valence-corrected chi connectivity index (χ0v) is 13.5. The second kappa shape index (κ2) is 8.63. The predicted octanol–water partition coefficient (Wildman–Crippen LogP) is 2.87. The highest BCUT2D eigenvalue weighted by atomic mass is 16.4. The van der Waals surface area contributed by atoms with Crippen molar-refractivity contribution in [3.8, 4) is 0 Å². The summed E-state index contributed by atoms with van der Waals surface area (Å²) < 4.78 is 0. The fourth-order valence-corrected chi connectivity index (χ4v) is 2.88. The minimum absolute atomic E-state index is 0.652. The SMILES string of the molecule is CCCNC(CC)(CCCN(CCC)C1CC1)C(=O)O. The van der Waals surface area contributed by atoms with Crippen LogP contribution < -0.4 is 5.32 Å². The third-order valence-corrected chi connectivity index (χ3v) is 4.35. The molecule has 0 aromatic heterocycles. The molecule has 118 valence electrons. The van der Waals surface area contributed by atoms with Crippen LogP contribution in [0, 0.1) is 0 Å². The quantitative estimate of drug-likeness (QED) is 0.578. The maximum absolute atomic E-state index is 11.6. The van der Waals surface area contributed by atoms with Crippen molar-refractivity contribution in [2.45, 2.75) is 77.3 Å². The molecule has 0 bridgehead atoms. The molecule has 1 atom stereocenters. The van der Waals surface area contributed by atoms with Crippen molar-refractivity contribution in [2.75, 3.05) is 19.6 Å². The second-order valence-electron chi connectivity index (χ2n) is 6.04. The number of carboxylic acid groups (broad SMARTS) is 1. The molecule has 1 aliphatic carbocycles. The number of rotatable bonds is 12. The van der Waals surface area contributed by atoms with Crippen LogP contribution >= 0.6 is 0 Å². The number of hydrogen-bond donors (Lipinski definition) is 2. The van der Waals surface area contributed by atoms with Gasteiger partial charge in [0.15, 0.2) is 0 Å². The highest BCUT2D eigenvalue weighted by Gasteiger charge is 2.36. The van der Waals surface area contributed by atoms with Crippen LogP contribution in [0.5, 0.6) is 0 Å². The van der Waals surface area contributed by atoms with E-state index < -0.39 is 11.5 Å². The van der Waals surface area contributed by atoms with Crippen molar-refractivity contribution in [1.29, 1.82) is 0 Å². The van der Waals surface area contributed by atoms with Gasteiger partial charge in [-0.2, -0.15) is 0 Å². The summed E-state index contributed by atoms with van der Waals surface area (Å²) in [7, 11) is 0. The Morgan fingerprint density at radius 3 is 2.40 bits per heavy atom. The van der Waals surface area contributed by atoms with E-state index in [0.29, 0.717) is 6.42 Å². The zero-order chi connectivity index (χ0) is 15.0. The van der Waals surface area contributed by atoms with Gasteiger partial charge in [-0.05, 0) is 64.6 Å². The molecule has 1 rings (SSSR count). The van der Waals surface area contributed by atoms with Crippen molar-refractivity contribution in [1.82, 2.24) is 10.2 Å². The van der Waals surface area contributed by atoms with Crippen molar-refractivity contribution >= 4 is 5.97 Å². The molecule has 0 saturated heterocycles. The van der Waals surface area contributed by atoms with Gasteiger partial charge in [-0.25, -0.2) is 0 Å². The number of carbonyl (C=O) groups is 1. The molecule has 0 heterocycles. The number of aliphatic carboxylic acids is 1. The van der Waals surface area contributed by atoms with Gasteiger partial charge in [0.1, 0.15) is 5.54 Å². The van der Waals surface area contributed by atoms with E-state index >= 15 is 0 Å². The monoisotopic (exact) mass is 284 g/mol. The van der Waals surface area contributed by atoms with E-state index in [2.05, 4.69) is 24.1 Å². The minimum atomic E-state index is -0.725. The Bertz CT molecular complexity index is 292. The average Bonchev–Trinajstić information content (AvgIpc) is 3.26. The fraction of sp³-hybridized carbons (Fsp3) is 0.938. The third kappa shape index (κ3) is 5.06. The Kier molecular flexibility index (Phi) is 7.52. The van der Waals surface area contributed by atoms with Gasteiger partial charge < -0.3 is 15.3 Å². The summed E-state index contributed by atoms with van der Waals surface area (Å²) in [5.74, 6) is -0.693. The summed E-state index contributed by atoms with van der Waals surface area (Å²) in [6.45, 7) is 9.24. The van der Waals surface area contributed by atoms with Crippen molar-refractivity contribution in [2.24, 2.45) is 0 Å². The first-order valence-electron chi connectivity index (χ1n) is 8.32. The molecular formula is C16H32N2O2. The summed E-state index contributed by atoms with van der Waals surface area (Å²) in [5.41, 5.74) is -0.725. The summed E-state index contributed by atoms with van der Waals surface area (Å²) in [6, 6.07) is 0.777. The number of hydrogen-bond acceptors (Lipinski definition) is 3. The lowest BCUT2D eigenvalue weighted by molar-refractivity contribution is -0.145. The Morgan fingerprint density at radius 2 is 1.95 bits per heavy atom. The lowest BCUT2D eigenvalue weighted by atomic mass is 9.90. The van der Waals surface area contributed by atoms with Crippen molar-refractivity contribution in [3.63, 3.8) is 0 Å². The molecule has 2 N–H and O–H groups in total. The minimum Gasteiger partial charge on any atom is -0.480 e. The van der Waals surface area contributed by atoms with Gasteiger partial charge in [0, 0.05) is 6.04 Å². The number of nitrogens with one attached hydrogen (secondary N) is 1.